The van der Waals surface area contributed by atoms with Gasteiger partial charge in [0.05, 0.1) is 0 Å². The van der Waals surface area contributed by atoms with Gasteiger partial charge >= 0.3 is 0 Å². The van der Waals surface area contributed by atoms with E-state index in [0.29, 0.717) is 6.42 Å². The molecule has 0 atom stereocenters. The lowest BCUT2D eigenvalue weighted by Gasteiger charge is -1.88. The van der Waals surface area contributed by atoms with E-state index in [9.17, 15) is 0 Å². The fraction of sp³-hybridized carbons (Fsp3) is 0.500. The van der Waals surface area contributed by atoms with Crippen molar-refractivity contribution in [3.8, 4) is 0 Å². The molecule has 0 spiro atoms. The second kappa shape index (κ2) is 3.49. The van der Waals surface area contributed by atoms with Gasteiger partial charge in [-0.2, -0.15) is 0 Å². The van der Waals surface area contributed by atoms with Crippen LogP contribution < -0.4 is 5.73 Å². The topological polar surface area (TPSA) is 62.2 Å². The highest BCUT2D eigenvalue weighted by Gasteiger charge is 1.85. The molecular weight excluding hydrogens is 122 g/mol. The number of nitrogens with two attached hydrogens (primary N) is 1. The number of rotatable bonds is 1. The third kappa shape index (κ3) is 3.67. The predicted molar refractivity (Wildman–Crippen MR) is 38.6 cm³/mol. The molecule has 0 aliphatic carbocycles. The van der Waals surface area contributed by atoms with Crippen LogP contribution in [-0.4, -0.2) is 11.0 Å². The maximum Gasteiger partial charge on any atom is 0.157 e. The summed E-state index contributed by atoms with van der Waals surface area (Å²) in [5.41, 5.74) is 5.04. The number of thiol groups is 1. The number of hydrogen-bond donors (Lipinski definition) is 3. The van der Waals surface area contributed by atoms with Gasteiger partial charge in [-0.25, -0.2) is 4.99 Å². The summed E-state index contributed by atoms with van der Waals surface area (Å²) in [5, 5.41) is 7.10. The van der Waals surface area contributed by atoms with Crippen LogP contribution in [0.25, 0.3) is 0 Å². The van der Waals surface area contributed by atoms with Crippen LogP contribution in [0.5, 0.6) is 0 Å². The summed E-state index contributed by atoms with van der Waals surface area (Å²) in [7, 11) is 0. The van der Waals surface area contributed by atoms with Gasteiger partial charge in [-0.1, -0.05) is 6.92 Å². The standard InChI is InChI=1S/C4H9N3S/c1-2-3(5)7-4(6)8/h2H2,1H3,(H4,5,6,7,8). The summed E-state index contributed by atoms with van der Waals surface area (Å²) in [5.74, 6) is 0.262. The molecule has 0 aliphatic rings. The van der Waals surface area contributed by atoms with Crippen molar-refractivity contribution in [1.29, 1.82) is 5.41 Å². The van der Waals surface area contributed by atoms with Crippen molar-refractivity contribution in [3.63, 3.8) is 0 Å². The highest BCUT2D eigenvalue weighted by atomic mass is 32.1. The first-order chi connectivity index (χ1) is 3.66. The third-order valence-electron chi connectivity index (χ3n) is 0.584. The van der Waals surface area contributed by atoms with Crippen molar-refractivity contribution in [2.24, 2.45) is 10.7 Å². The first kappa shape index (κ1) is 7.49. The second-order valence-electron chi connectivity index (χ2n) is 1.27. The zero-order chi connectivity index (χ0) is 6.57. The number of amidine groups is 2. The molecule has 0 aromatic rings. The minimum atomic E-state index is 0.150. The highest BCUT2D eigenvalue weighted by molar-refractivity contribution is 7.96. The summed E-state index contributed by atoms with van der Waals surface area (Å²) in [4.78, 5) is 3.54. The lowest BCUT2D eigenvalue weighted by atomic mass is 10.5. The smallest absolute Gasteiger partial charge is 0.157 e. The molecule has 8 heavy (non-hydrogen) atoms. The van der Waals surface area contributed by atoms with Gasteiger partial charge in [0, 0.05) is 6.42 Å². The zero-order valence-electron chi connectivity index (χ0n) is 4.68. The van der Waals surface area contributed by atoms with Gasteiger partial charge < -0.3 is 5.73 Å². The first-order valence-corrected chi connectivity index (χ1v) is 2.72. The predicted octanol–water partition coefficient (Wildman–Crippen LogP) is 0.618. The Morgan fingerprint density at radius 1 is 1.88 bits per heavy atom. The molecule has 3 N–H and O–H groups in total. The Morgan fingerprint density at radius 2 is 2.38 bits per heavy atom. The molecule has 4 heteroatoms. The van der Waals surface area contributed by atoms with Crippen LogP contribution in [0, 0.1) is 5.41 Å². The van der Waals surface area contributed by atoms with Crippen molar-refractivity contribution in [2.75, 3.05) is 0 Å². The van der Waals surface area contributed by atoms with Gasteiger partial charge in [0.2, 0.25) is 0 Å². The fourth-order valence-corrected chi connectivity index (χ4v) is 0.338. The Kier molecular flexibility index (Phi) is 3.26. The average molecular weight is 131 g/mol. The fourth-order valence-electron chi connectivity index (χ4n) is 0.217. The van der Waals surface area contributed by atoms with E-state index in [1.54, 1.807) is 0 Å². The van der Waals surface area contributed by atoms with Gasteiger partial charge in [0.25, 0.3) is 0 Å². The normalized spacial score (nSPS) is 11.5. The van der Waals surface area contributed by atoms with Crippen LogP contribution in [0.2, 0.25) is 0 Å². The molecule has 0 saturated heterocycles. The molecule has 0 unspecified atom stereocenters. The van der Waals surface area contributed by atoms with E-state index in [4.69, 9.17) is 11.1 Å². The van der Waals surface area contributed by atoms with E-state index < -0.39 is 0 Å². The van der Waals surface area contributed by atoms with Crippen molar-refractivity contribution in [1.82, 2.24) is 0 Å². The van der Waals surface area contributed by atoms with E-state index >= 15 is 0 Å². The van der Waals surface area contributed by atoms with Crippen LogP contribution in [0.1, 0.15) is 13.3 Å². The minimum Gasteiger partial charge on any atom is -0.378 e. The Hall–Kier alpha value is -0.510. The number of aliphatic imine (C=N–C) groups is 1. The third-order valence-corrected chi connectivity index (χ3v) is 0.684. The maximum atomic E-state index is 6.95. The van der Waals surface area contributed by atoms with Gasteiger partial charge in [-0.3, -0.25) is 5.41 Å². The Balaban J connectivity index is 3.70. The largest absolute Gasteiger partial charge is 0.378 e. The first-order valence-electron chi connectivity index (χ1n) is 2.27. The molecule has 0 aromatic heterocycles. The lowest BCUT2D eigenvalue weighted by Crippen LogP contribution is -2.04. The monoisotopic (exact) mass is 131 g/mol. The summed E-state index contributed by atoms with van der Waals surface area (Å²) >= 11 is 3.68. The molecule has 0 radical (unpaired) electrons. The Labute approximate surface area is 53.9 Å². The molecule has 0 bridgehead atoms. The quantitative estimate of drug-likeness (QED) is 0.272. The van der Waals surface area contributed by atoms with Gasteiger partial charge in [-0.05, 0) is 0 Å². The van der Waals surface area contributed by atoms with Crippen molar-refractivity contribution < 1.29 is 0 Å². The van der Waals surface area contributed by atoms with Gasteiger partial charge in [0.1, 0.15) is 5.84 Å². The lowest BCUT2D eigenvalue weighted by molar-refractivity contribution is 1.21. The van der Waals surface area contributed by atoms with E-state index in [-0.39, 0.29) is 11.0 Å². The average Bonchev–Trinajstić information content (AvgIpc) is 1.65. The molecule has 0 fully saturated rings. The Morgan fingerprint density at radius 3 is 2.50 bits per heavy atom. The summed E-state index contributed by atoms with van der Waals surface area (Å²) < 4.78 is 0. The van der Waals surface area contributed by atoms with Crippen LogP contribution in [0.15, 0.2) is 4.99 Å². The number of nitrogens with one attached hydrogen (secondary N) is 1. The van der Waals surface area contributed by atoms with Gasteiger partial charge in [-0.15, -0.1) is 12.6 Å². The molecule has 0 aromatic carbocycles. The molecule has 3 nitrogen and oxygen atoms in total. The zero-order valence-corrected chi connectivity index (χ0v) is 5.57. The van der Waals surface area contributed by atoms with E-state index in [2.05, 4.69) is 17.6 Å². The van der Waals surface area contributed by atoms with Crippen LogP contribution in [0.3, 0.4) is 0 Å². The second-order valence-corrected chi connectivity index (χ2v) is 1.73. The summed E-state index contributed by atoms with van der Waals surface area (Å²) in [6, 6.07) is 0. The molecule has 0 saturated carbocycles. The van der Waals surface area contributed by atoms with Crippen molar-refractivity contribution >= 4 is 23.6 Å². The Bertz CT molecular complexity index is 114. The molecule has 0 heterocycles. The van der Waals surface area contributed by atoms with Gasteiger partial charge in [0.15, 0.2) is 5.17 Å². The molecule has 0 amide bonds. The maximum absolute atomic E-state index is 6.95. The highest BCUT2D eigenvalue weighted by Crippen LogP contribution is 1.84. The van der Waals surface area contributed by atoms with Crippen molar-refractivity contribution in [3.05, 3.63) is 0 Å². The number of nitrogens with zero attached hydrogens (tertiary/aromatic N) is 1. The van der Waals surface area contributed by atoms with Crippen molar-refractivity contribution in [2.45, 2.75) is 13.3 Å². The summed E-state index contributed by atoms with van der Waals surface area (Å²) in [6.07, 6.45) is 0.598. The molecule has 46 valence electrons. The van der Waals surface area contributed by atoms with Crippen LogP contribution in [0.4, 0.5) is 0 Å². The SMILES string of the molecule is CCC(=N)/N=C(/N)S. The molecule has 0 rings (SSSR count). The van der Waals surface area contributed by atoms with Crippen LogP contribution >= 0.6 is 12.6 Å². The minimum absolute atomic E-state index is 0.150. The van der Waals surface area contributed by atoms with E-state index in [0.717, 1.165) is 0 Å². The van der Waals surface area contributed by atoms with Crippen LogP contribution in [-0.2, 0) is 0 Å². The number of hydrogen-bond acceptors (Lipinski definition) is 1. The van der Waals surface area contributed by atoms with E-state index in [1.165, 1.54) is 0 Å². The van der Waals surface area contributed by atoms with E-state index in [1.807, 2.05) is 6.92 Å². The summed E-state index contributed by atoms with van der Waals surface area (Å²) in [6.45, 7) is 1.84. The molecule has 0 aliphatic heterocycles. The molecular formula is C4H9N3S.